The van der Waals surface area contributed by atoms with E-state index in [9.17, 15) is 4.79 Å². The fourth-order valence-corrected chi connectivity index (χ4v) is 4.21. The molecule has 0 aromatic rings. The van der Waals surface area contributed by atoms with E-state index in [0.717, 1.165) is 6.42 Å². The van der Waals surface area contributed by atoms with E-state index in [1.54, 1.807) is 0 Å². The van der Waals surface area contributed by atoms with Crippen LogP contribution in [0.15, 0.2) is 0 Å². The highest BCUT2D eigenvalue weighted by atomic mass is 32.2. The molecule has 2 aliphatic rings. The van der Waals surface area contributed by atoms with Crippen molar-refractivity contribution in [1.82, 2.24) is 0 Å². The minimum atomic E-state index is 0.313. The largest absolute Gasteiger partial charge is 0.299 e. The van der Waals surface area contributed by atoms with Crippen molar-refractivity contribution in [1.29, 1.82) is 0 Å². The first-order valence-corrected chi connectivity index (χ1v) is 5.59. The molecule has 1 saturated carbocycles. The molecule has 68 valence electrons. The molecule has 0 radical (unpaired) electrons. The van der Waals surface area contributed by atoms with Crippen LogP contribution in [0.3, 0.4) is 0 Å². The molecule has 0 spiro atoms. The van der Waals surface area contributed by atoms with Gasteiger partial charge in [-0.2, -0.15) is 11.8 Å². The van der Waals surface area contributed by atoms with Crippen molar-refractivity contribution < 1.29 is 4.79 Å². The third-order valence-corrected chi connectivity index (χ3v) is 5.31. The van der Waals surface area contributed by atoms with Gasteiger partial charge in [-0.1, -0.05) is 20.8 Å². The molecule has 12 heavy (non-hydrogen) atoms. The predicted octanol–water partition coefficient (Wildman–Crippen LogP) is 2.50. The van der Waals surface area contributed by atoms with Gasteiger partial charge in [0.1, 0.15) is 5.78 Å². The van der Waals surface area contributed by atoms with Gasteiger partial charge >= 0.3 is 0 Å². The molecule has 0 aromatic carbocycles. The SMILES string of the molecule is C[C@H]1C(=O)C[C@H]2C[C@@H]1SC2(C)C. The fraction of sp³-hybridized carbons (Fsp3) is 0.900. The highest BCUT2D eigenvalue weighted by Gasteiger charge is 2.49. The number of thioether (sulfide) groups is 1. The van der Waals surface area contributed by atoms with Gasteiger partial charge < -0.3 is 0 Å². The summed E-state index contributed by atoms with van der Waals surface area (Å²) >= 11 is 2.03. The minimum Gasteiger partial charge on any atom is -0.299 e. The van der Waals surface area contributed by atoms with Gasteiger partial charge in [-0.3, -0.25) is 4.79 Å². The summed E-state index contributed by atoms with van der Waals surface area (Å²) in [4.78, 5) is 11.5. The van der Waals surface area contributed by atoms with Crippen LogP contribution in [0.1, 0.15) is 33.6 Å². The summed E-state index contributed by atoms with van der Waals surface area (Å²) in [6.07, 6.45) is 2.10. The van der Waals surface area contributed by atoms with Gasteiger partial charge in [-0.15, -0.1) is 0 Å². The van der Waals surface area contributed by atoms with Gasteiger partial charge in [0.25, 0.3) is 0 Å². The highest BCUT2D eigenvalue weighted by Crippen LogP contribution is 2.54. The lowest BCUT2D eigenvalue weighted by Crippen LogP contribution is -2.30. The molecule has 2 bridgehead atoms. The van der Waals surface area contributed by atoms with Crippen molar-refractivity contribution in [3.05, 3.63) is 0 Å². The molecule has 3 atom stereocenters. The zero-order chi connectivity index (χ0) is 8.93. The van der Waals surface area contributed by atoms with Crippen LogP contribution < -0.4 is 0 Å². The van der Waals surface area contributed by atoms with Crippen molar-refractivity contribution >= 4 is 17.5 Å². The number of hydrogen-bond donors (Lipinski definition) is 0. The number of Topliss-reactive ketones (excluding diaryl/α,β-unsaturated/α-hetero) is 1. The van der Waals surface area contributed by atoms with Gasteiger partial charge in [-0.05, 0) is 12.3 Å². The maximum Gasteiger partial charge on any atom is 0.137 e. The normalized spacial score (nSPS) is 44.9. The standard InChI is InChI=1S/C10H16OS/c1-6-8(11)4-7-5-9(6)12-10(7,2)3/h6-7,9H,4-5H2,1-3H3/t6-,7-,9-/m0/s1. The summed E-state index contributed by atoms with van der Waals surface area (Å²) in [5.41, 5.74) is 0. The second-order valence-electron chi connectivity index (χ2n) is 4.65. The van der Waals surface area contributed by atoms with Crippen LogP contribution in [0.5, 0.6) is 0 Å². The molecule has 0 amide bonds. The third kappa shape index (κ3) is 1.12. The molecule has 0 aromatic heterocycles. The van der Waals surface area contributed by atoms with E-state index < -0.39 is 0 Å². The second kappa shape index (κ2) is 2.50. The van der Waals surface area contributed by atoms with Gasteiger partial charge in [-0.25, -0.2) is 0 Å². The topological polar surface area (TPSA) is 17.1 Å². The van der Waals surface area contributed by atoms with Crippen LogP contribution in [-0.2, 0) is 4.79 Å². The Balaban J connectivity index is 2.24. The van der Waals surface area contributed by atoms with Crippen molar-refractivity contribution in [3.63, 3.8) is 0 Å². The van der Waals surface area contributed by atoms with E-state index in [4.69, 9.17) is 0 Å². The van der Waals surface area contributed by atoms with Crippen LogP contribution in [0.4, 0.5) is 0 Å². The number of hydrogen-bond acceptors (Lipinski definition) is 2. The molecule has 1 heterocycles. The van der Waals surface area contributed by atoms with E-state index in [-0.39, 0.29) is 0 Å². The molecule has 1 aliphatic heterocycles. The molecule has 2 rings (SSSR count). The van der Waals surface area contributed by atoms with Crippen molar-refractivity contribution in [2.24, 2.45) is 11.8 Å². The fourth-order valence-electron chi connectivity index (χ4n) is 2.37. The average molecular weight is 184 g/mol. The smallest absolute Gasteiger partial charge is 0.137 e. The number of ketones is 1. The predicted molar refractivity (Wildman–Crippen MR) is 52.4 cm³/mol. The Bertz CT molecular complexity index is 222. The van der Waals surface area contributed by atoms with Crippen molar-refractivity contribution in [3.8, 4) is 0 Å². The molecule has 0 N–H and O–H groups in total. The number of carbonyl (C=O) groups is 1. The minimum absolute atomic E-state index is 0.313. The highest BCUT2D eigenvalue weighted by molar-refractivity contribution is 8.01. The molecule has 1 nitrogen and oxygen atoms in total. The quantitative estimate of drug-likeness (QED) is 0.575. The van der Waals surface area contributed by atoms with E-state index in [1.165, 1.54) is 6.42 Å². The average Bonchev–Trinajstić information content (AvgIpc) is 2.21. The number of rotatable bonds is 0. The number of carbonyl (C=O) groups excluding carboxylic acids is 1. The molecule has 2 fully saturated rings. The summed E-state index contributed by atoms with van der Waals surface area (Å²) < 4.78 is 0.352. The Labute approximate surface area is 78.3 Å². The lowest BCUT2D eigenvalue weighted by Gasteiger charge is -2.26. The Morgan fingerprint density at radius 1 is 1.50 bits per heavy atom. The summed E-state index contributed by atoms with van der Waals surface area (Å²) in [5, 5.41) is 0.617. The first-order valence-electron chi connectivity index (χ1n) is 4.71. The maximum absolute atomic E-state index is 11.5. The van der Waals surface area contributed by atoms with Crippen molar-refractivity contribution in [2.75, 3.05) is 0 Å². The van der Waals surface area contributed by atoms with Gasteiger partial charge in [0.05, 0.1) is 0 Å². The Hall–Kier alpha value is 0.0200. The van der Waals surface area contributed by atoms with Gasteiger partial charge in [0.15, 0.2) is 0 Å². The Morgan fingerprint density at radius 2 is 2.17 bits per heavy atom. The number of fused-ring (bicyclic) bond motifs is 2. The Morgan fingerprint density at radius 3 is 2.83 bits per heavy atom. The van der Waals surface area contributed by atoms with E-state index in [2.05, 4.69) is 20.8 Å². The zero-order valence-corrected chi connectivity index (χ0v) is 8.78. The lowest BCUT2D eigenvalue weighted by molar-refractivity contribution is -0.124. The van der Waals surface area contributed by atoms with Crippen LogP contribution in [0.25, 0.3) is 0 Å². The monoisotopic (exact) mass is 184 g/mol. The van der Waals surface area contributed by atoms with Crippen LogP contribution in [0.2, 0.25) is 0 Å². The van der Waals surface area contributed by atoms with Gasteiger partial charge in [0, 0.05) is 22.3 Å². The molecule has 0 unspecified atom stereocenters. The van der Waals surface area contributed by atoms with Crippen LogP contribution in [0, 0.1) is 11.8 Å². The lowest BCUT2D eigenvalue weighted by atomic mass is 9.77. The molecule has 1 saturated heterocycles. The summed E-state index contributed by atoms with van der Waals surface area (Å²) in [6.45, 7) is 6.67. The molecular formula is C10H16OS. The molecule has 2 heteroatoms. The Kier molecular flexibility index (Phi) is 1.80. The van der Waals surface area contributed by atoms with E-state index in [1.807, 2.05) is 11.8 Å². The summed E-state index contributed by atoms with van der Waals surface area (Å²) in [7, 11) is 0. The second-order valence-corrected chi connectivity index (χ2v) is 6.54. The first kappa shape index (κ1) is 8.61. The van der Waals surface area contributed by atoms with Crippen molar-refractivity contribution in [2.45, 2.75) is 43.6 Å². The van der Waals surface area contributed by atoms with Crippen LogP contribution >= 0.6 is 11.8 Å². The molecular weight excluding hydrogens is 168 g/mol. The first-order chi connectivity index (χ1) is 5.50. The third-order valence-electron chi connectivity index (χ3n) is 3.47. The maximum atomic E-state index is 11.5. The summed E-state index contributed by atoms with van der Waals surface area (Å²) in [5.74, 6) is 1.46. The van der Waals surface area contributed by atoms with E-state index >= 15 is 0 Å². The van der Waals surface area contributed by atoms with Crippen LogP contribution in [-0.4, -0.2) is 15.8 Å². The van der Waals surface area contributed by atoms with Gasteiger partial charge in [0.2, 0.25) is 0 Å². The zero-order valence-electron chi connectivity index (χ0n) is 7.96. The van der Waals surface area contributed by atoms with E-state index in [0.29, 0.717) is 27.6 Å². The molecule has 1 aliphatic carbocycles. The summed E-state index contributed by atoms with van der Waals surface area (Å²) in [6, 6.07) is 0.